The van der Waals surface area contributed by atoms with Crippen molar-refractivity contribution in [3.8, 4) is 0 Å². The van der Waals surface area contributed by atoms with Gasteiger partial charge in [-0.1, -0.05) is 13.8 Å². The van der Waals surface area contributed by atoms with E-state index < -0.39 is 54.0 Å². The van der Waals surface area contributed by atoms with Gasteiger partial charge in [0.2, 0.25) is 17.7 Å². The van der Waals surface area contributed by atoms with Gasteiger partial charge in [0.15, 0.2) is 11.9 Å². The van der Waals surface area contributed by atoms with Crippen LogP contribution in [0.1, 0.15) is 52.9 Å². The lowest BCUT2D eigenvalue weighted by molar-refractivity contribution is -0.143. The zero-order valence-corrected chi connectivity index (χ0v) is 22.2. The van der Waals surface area contributed by atoms with Gasteiger partial charge >= 0.3 is 5.97 Å². The Labute approximate surface area is 222 Å². The largest absolute Gasteiger partial charge is 0.480 e. The van der Waals surface area contributed by atoms with Crippen molar-refractivity contribution in [3.63, 3.8) is 0 Å². The monoisotopic (exact) mass is 544 g/mol. The molecule has 0 aliphatic heterocycles. The Morgan fingerprint density at radius 3 is 1.47 bits per heavy atom. The van der Waals surface area contributed by atoms with Gasteiger partial charge in [0.1, 0.15) is 24.2 Å². The molecular weight excluding hydrogens is 500 g/mol. The highest BCUT2D eigenvalue weighted by Gasteiger charge is 2.31. The molecule has 15 N–H and O–H groups in total. The molecule has 0 radical (unpaired) electrons. The minimum Gasteiger partial charge on any atom is -0.480 e. The second-order valence-corrected chi connectivity index (χ2v) is 9.32. The van der Waals surface area contributed by atoms with E-state index in [-0.39, 0.29) is 63.0 Å². The van der Waals surface area contributed by atoms with Crippen LogP contribution in [0.15, 0.2) is 9.98 Å². The number of hydrogen-bond donors (Lipinski definition) is 10. The van der Waals surface area contributed by atoms with Gasteiger partial charge in [-0.2, -0.15) is 0 Å². The molecule has 38 heavy (non-hydrogen) atoms. The number of aliphatic imine (C=N–C) groups is 2. The van der Waals surface area contributed by atoms with Gasteiger partial charge in [0.05, 0.1) is 6.10 Å². The highest BCUT2D eigenvalue weighted by molar-refractivity contribution is 5.94. The van der Waals surface area contributed by atoms with E-state index in [9.17, 15) is 29.4 Å². The maximum atomic E-state index is 13.2. The van der Waals surface area contributed by atoms with E-state index in [1.807, 2.05) is 13.8 Å². The Morgan fingerprint density at radius 2 is 1.13 bits per heavy atom. The van der Waals surface area contributed by atoms with Crippen LogP contribution >= 0.6 is 0 Å². The van der Waals surface area contributed by atoms with E-state index in [0.29, 0.717) is 0 Å². The smallest absolute Gasteiger partial charge is 0.326 e. The molecular formula is C22H44N10O6. The molecule has 0 aromatic rings. The second kappa shape index (κ2) is 17.7. The Balaban J connectivity index is 5.75. The summed E-state index contributed by atoms with van der Waals surface area (Å²) >= 11 is 0. The molecule has 218 valence electrons. The molecule has 0 bridgehead atoms. The summed E-state index contributed by atoms with van der Waals surface area (Å²) in [5, 5.41) is 26.6. The summed E-state index contributed by atoms with van der Waals surface area (Å²) in [5.74, 6) is -3.74. The molecule has 0 saturated carbocycles. The normalized spacial score (nSPS) is 14.8. The number of carbonyl (C=O) groups is 4. The van der Waals surface area contributed by atoms with Crippen molar-refractivity contribution >= 4 is 35.6 Å². The Bertz CT molecular complexity index is 840. The summed E-state index contributed by atoms with van der Waals surface area (Å²) in [7, 11) is 0. The average Bonchev–Trinajstić information content (AvgIpc) is 2.80. The Hall–Kier alpha value is -3.66. The van der Waals surface area contributed by atoms with Gasteiger partial charge in [0.25, 0.3) is 0 Å². The lowest BCUT2D eigenvalue weighted by Gasteiger charge is -2.26. The van der Waals surface area contributed by atoms with Gasteiger partial charge in [-0.05, 0) is 44.9 Å². The number of carboxylic acids is 1. The molecule has 5 atom stereocenters. The van der Waals surface area contributed by atoms with E-state index in [2.05, 4.69) is 25.9 Å². The first-order valence-electron chi connectivity index (χ1n) is 12.3. The van der Waals surface area contributed by atoms with Crippen LogP contribution in [-0.2, 0) is 19.2 Å². The predicted molar refractivity (Wildman–Crippen MR) is 142 cm³/mol. The maximum absolute atomic E-state index is 13.2. The fourth-order valence-corrected chi connectivity index (χ4v) is 3.27. The lowest BCUT2D eigenvalue weighted by Crippen LogP contribution is -2.58. The predicted octanol–water partition coefficient (Wildman–Crippen LogP) is -3.61. The van der Waals surface area contributed by atoms with Gasteiger partial charge < -0.3 is 54.8 Å². The summed E-state index contributed by atoms with van der Waals surface area (Å²) < 4.78 is 0. The summed E-state index contributed by atoms with van der Waals surface area (Å²) in [6.45, 7) is 5.28. The molecule has 5 unspecified atom stereocenters. The molecule has 0 aromatic heterocycles. The first-order valence-corrected chi connectivity index (χ1v) is 12.3. The van der Waals surface area contributed by atoms with E-state index in [1.165, 1.54) is 6.92 Å². The van der Waals surface area contributed by atoms with Crippen LogP contribution in [0.4, 0.5) is 0 Å². The van der Waals surface area contributed by atoms with E-state index >= 15 is 0 Å². The molecule has 16 heteroatoms. The minimum atomic E-state index is -1.30. The van der Waals surface area contributed by atoms with Crippen molar-refractivity contribution in [1.82, 2.24) is 16.0 Å². The fraction of sp³-hybridized carbons (Fsp3) is 0.727. The van der Waals surface area contributed by atoms with Crippen molar-refractivity contribution in [2.24, 2.45) is 44.6 Å². The third-order valence-electron chi connectivity index (χ3n) is 5.30. The number of nitrogens with zero attached hydrogens (tertiary/aromatic N) is 2. The van der Waals surface area contributed by atoms with Crippen LogP contribution in [0.25, 0.3) is 0 Å². The minimum absolute atomic E-state index is 0.0192. The van der Waals surface area contributed by atoms with Crippen molar-refractivity contribution in [3.05, 3.63) is 0 Å². The van der Waals surface area contributed by atoms with Crippen LogP contribution in [0.2, 0.25) is 0 Å². The molecule has 3 amide bonds. The zero-order valence-electron chi connectivity index (χ0n) is 22.2. The SMILES string of the molecule is CC(C)CC(NC(=O)C(CCCN=C(N)N)NC(=O)C(CCCN=C(N)N)NC(=O)C(N)C(C)O)C(=O)O. The Kier molecular flexibility index (Phi) is 16.0. The summed E-state index contributed by atoms with van der Waals surface area (Å²) in [5.41, 5.74) is 27.0. The summed E-state index contributed by atoms with van der Waals surface area (Å²) in [6.07, 6.45) is -0.276. The quantitative estimate of drug-likeness (QED) is 0.0456. The molecule has 0 aliphatic carbocycles. The first kappa shape index (κ1) is 34.3. The van der Waals surface area contributed by atoms with Crippen LogP contribution in [0, 0.1) is 5.92 Å². The van der Waals surface area contributed by atoms with Crippen molar-refractivity contribution < 1.29 is 29.4 Å². The van der Waals surface area contributed by atoms with Gasteiger partial charge in [-0.15, -0.1) is 0 Å². The standard InChI is InChI=1S/C22H44N10O6/c1-11(2)10-15(20(37)38)32-18(35)13(6-4-8-28-21(24)25)30-17(34)14(7-5-9-29-22(26)27)31-19(36)16(23)12(3)33/h11-16,33H,4-10,23H2,1-3H3,(H,30,34)(H,31,36)(H,32,35)(H,37,38)(H4,24,25,28)(H4,26,27,29). The van der Waals surface area contributed by atoms with E-state index in [4.69, 9.17) is 28.7 Å². The number of amides is 3. The third kappa shape index (κ3) is 14.8. The van der Waals surface area contributed by atoms with E-state index in [1.54, 1.807) is 0 Å². The number of aliphatic carboxylic acids is 1. The summed E-state index contributed by atoms with van der Waals surface area (Å²) in [4.78, 5) is 57.9. The zero-order chi connectivity index (χ0) is 29.4. The number of carbonyl (C=O) groups excluding carboxylic acids is 3. The van der Waals surface area contributed by atoms with Crippen LogP contribution in [-0.4, -0.2) is 89.2 Å². The highest BCUT2D eigenvalue weighted by Crippen LogP contribution is 2.08. The van der Waals surface area contributed by atoms with Crippen LogP contribution in [0.5, 0.6) is 0 Å². The van der Waals surface area contributed by atoms with Crippen molar-refractivity contribution in [2.45, 2.75) is 83.1 Å². The van der Waals surface area contributed by atoms with Crippen molar-refractivity contribution in [1.29, 1.82) is 0 Å². The van der Waals surface area contributed by atoms with E-state index in [0.717, 1.165) is 0 Å². The third-order valence-corrected chi connectivity index (χ3v) is 5.30. The molecule has 0 heterocycles. The molecule has 16 nitrogen and oxygen atoms in total. The number of rotatable bonds is 18. The Morgan fingerprint density at radius 1 is 0.737 bits per heavy atom. The molecule has 0 aromatic carbocycles. The van der Waals surface area contributed by atoms with Gasteiger partial charge in [-0.3, -0.25) is 24.4 Å². The summed E-state index contributed by atoms with van der Waals surface area (Å²) in [6, 6.07) is -4.78. The molecule has 0 rings (SSSR count). The molecule has 0 aliphatic rings. The molecule has 0 fully saturated rings. The number of carboxylic acid groups (broad SMARTS) is 1. The fourth-order valence-electron chi connectivity index (χ4n) is 3.27. The molecule has 0 saturated heterocycles. The number of aliphatic hydroxyl groups is 1. The molecule has 0 spiro atoms. The van der Waals surface area contributed by atoms with Crippen molar-refractivity contribution in [2.75, 3.05) is 13.1 Å². The number of nitrogens with two attached hydrogens (primary N) is 5. The first-order chi connectivity index (χ1) is 17.6. The lowest BCUT2D eigenvalue weighted by atomic mass is 10.0. The number of nitrogens with one attached hydrogen (secondary N) is 3. The second-order valence-electron chi connectivity index (χ2n) is 9.32. The van der Waals surface area contributed by atoms with Gasteiger partial charge in [0, 0.05) is 13.1 Å². The number of guanidine groups is 2. The topological polar surface area (TPSA) is 300 Å². The number of hydrogen-bond acceptors (Lipinski definition) is 8. The van der Waals surface area contributed by atoms with Crippen LogP contribution in [0.3, 0.4) is 0 Å². The highest BCUT2D eigenvalue weighted by atomic mass is 16.4. The average molecular weight is 545 g/mol. The van der Waals surface area contributed by atoms with Crippen LogP contribution < -0.4 is 44.6 Å². The number of aliphatic hydroxyl groups excluding tert-OH is 1. The maximum Gasteiger partial charge on any atom is 0.326 e. The van der Waals surface area contributed by atoms with Gasteiger partial charge in [-0.25, -0.2) is 4.79 Å².